The molecule has 0 bridgehead atoms. The summed E-state index contributed by atoms with van der Waals surface area (Å²) < 4.78 is 7.92. The average Bonchev–Trinajstić information content (AvgIpc) is 3.19. The molecule has 0 radical (unpaired) electrons. The summed E-state index contributed by atoms with van der Waals surface area (Å²) in [5.74, 6) is 2.45. The van der Waals surface area contributed by atoms with Gasteiger partial charge in [-0.25, -0.2) is 4.98 Å². The van der Waals surface area contributed by atoms with Crippen LogP contribution in [0.4, 0.5) is 0 Å². The molecule has 5 rings (SSSR count). The van der Waals surface area contributed by atoms with Crippen molar-refractivity contribution in [1.82, 2.24) is 14.3 Å². The zero-order valence-electron chi connectivity index (χ0n) is 17.6. The molecule has 2 atom stereocenters. The number of ether oxygens (including phenoxy) is 1. The van der Waals surface area contributed by atoms with Crippen molar-refractivity contribution in [2.24, 2.45) is 11.8 Å². The second-order valence-electron chi connectivity index (χ2n) is 8.86. The van der Waals surface area contributed by atoms with Crippen molar-refractivity contribution in [3.63, 3.8) is 0 Å². The topological polar surface area (TPSA) is 46.8 Å². The first-order valence-electron chi connectivity index (χ1n) is 11.1. The van der Waals surface area contributed by atoms with E-state index in [2.05, 4.69) is 29.1 Å². The largest absolute Gasteiger partial charge is 0.487 e. The maximum absolute atomic E-state index is 13.0. The fourth-order valence-electron chi connectivity index (χ4n) is 5.04. The van der Waals surface area contributed by atoms with E-state index in [1.54, 1.807) is 0 Å². The van der Waals surface area contributed by atoms with Gasteiger partial charge in [0.2, 0.25) is 0 Å². The molecule has 30 heavy (non-hydrogen) atoms. The molecule has 1 aliphatic carbocycles. The number of carbonyl (C=O) groups is 1. The van der Waals surface area contributed by atoms with E-state index in [-0.39, 0.29) is 5.91 Å². The third-order valence-electron chi connectivity index (χ3n) is 6.72. The molecule has 1 saturated heterocycles. The molecule has 3 heterocycles. The quantitative estimate of drug-likeness (QED) is 0.624. The van der Waals surface area contributed by atoms with Gasteiger partial charge >= 0.3 is 0 Å². The first-order valence-corrected chi connectivity index (χ1v) is 11.1. The maximum atomic E-state index is 13.0. The van der Waals surface area contributed by atoms with E-state index in [1.165, 1.54) is 31.2 Å². The molecule has 2 fully saturated rings. The summed E-state index contributed by atoms with van der Waals surface area (Å²) in [5.41, 5.74) is 3.75. The number of imidazole rings is 1. The number of aromatic nitrogens is 2. The van der Waals surface area contributed by atoms with Gasteiger partial charge in [-0.15, -0.1) is 0 Å². The number of hydrogen-bond donors (Lipinski definition) is 0. The van der Waals surface area contributed by atoms with E-state index < -0.39 is 0 Å². The number of rotatable bonds is 4. The first-order chi connectivity index (χ1) is 14.7. The maximum Gasteiger partial charge on any atom is 0.253 e. The van der Waals surface area contributed by atoms with Gasteiger partial charge in [0, 0.05) is 31.0 Å². The number of nitrogens with zero attached hydrogens (tertiary/aromatic N) is 3. The first kappa shape index (κ1) is 19.2. The van der Waals surface area contributed by atoms with Crippen LogP contribution in [-0.4, -0.2) is 33.3 Å². The van der Waals surface area contributed by atoms with Crippen molar-refractivity contribution >= 4 is 11.6 Å². The minimum atomic E-state index is 0.154. The highest BCUT2D eigenvalue weighted by Gasteiger charge is 2.33. The summed E-state index contributed by atoms with van der Waals surface area (Å²) in [4.78, 5) is 19.6. The predicted octanol–water partition coefficient (Wildman–Crippen LogP) is 4.87. The van der Waals surface area contributed by atoms with Crippen LogP contribution in [0.3, 0.4) is 0 Å². The van der Waals surface area contributed by atoms with Crippen LogP contribution in [0.2, 0.25) is 0 Å². The Morgan fingerprint density at radius 1 is 1.03 bits per heavy atom. The third kappa shape index (κ3) is 3.93. The molecule has 156 valence electrons. The van der Waals surface area contributed by atoms with Crippen LogP contribution >= 0.6 is 0 Å². The smallest absolute Gasteiger partial charge is 0.253 e. The van der Waals surface area contributed by atoms with E-state index in [9.17, 15) is 4.79 Å². The molecular formula is C25H29N3O2. The fraction of sp³-hybridized carbons (Fsp3) is 0.440. The Kier molecular flexibility index (Phi) is 5.19. The SMILES string of the molecule is Cc1ccc2nc(COc3ccc(C(=O)N4CC[C@@H]5CCCC[C@@H]5C4)cc3)cn2c1. The van der Waals surface area contributed by atoms with Crippen molar-refractivity contribution in [2.75, 3.05) is 13.1 Å². The minimum absolute atomic E-state index is 0.154. The number of amides is 1. The predicted molar refractivity (Wildman–Crippen MR) is 117 cm³/mol. The Balaban J connectivity index is 1.20. The number of hydrogen-bond acceptors (Lipinski definition) is 3. The number of benzene rings is 1. The Morgan fingerprint density at radius 2 is 1.83 bits per heavy atom. The van der Waals surface area contributed by atoms with Gasteiger partial charge in [-0.3, -0.25) is 4.79 Å². The van der Waals surface area contributed by atoms with Crippen molar-refractivity contribution in [3.8, 4) is 5.75 Å². The lowest BCUT2D eigenvalue weighted by Gasteiger charge is -2.41. The normalized spacial score (nSPS) is 21.4. The molecule has 0 N–H and O–H groups in total. The van der Waals surface area contributed by atoms with Crippen molar-refractivity contribution < 1.29 is 9.53 Å². The Labute approximate surface area is 177 Å². The van der Waals surface area contributed by atoms with E-state index in [0.717, 1.165) is 48.1 Å². The summed E-state index contributed by atoms with van der Waals surface area (Å²) in [7, 11) is 0. The summed E-state index contributed by atoms with van der Waals surface area (Å²) in [6.45, 7) is 4.29. The van der Waals surface area contributed by atoms with Crippen LogP contribution in [0.25, 0.3) is 5.65 Å². The molecule has 3 aromatic rings. The summed E-state index contributed by atoms with van der Waals surface area (Å²) in [5, 5.41) is 0. The van der Waals surface area contributed by atoms with Crippen LogP contribution in [0.15, 0.2) is 48.8 Å². The standard InChI is InChI=1S/C25H29N3O2/c1-18-6-11-24-26-22(16-28(24)14-18)17-30-23-9-7-20(8-10-23)25(29)27-13-12-19-4-2-3-5-21(19)15-27/h6-11,14,16,19,21H,2-5,12-13,15,17H2,1H3/t19-,21+/m0/s1. The molecule has 0 spiro atoms. The van der Waals surface area contributed by atoms with Gasteiger partial charge in [0.15, 0.2) is 0 Å². The molecule has 1 amide bonds. The van der Waals surface area contributed by atoms with Gasteiger partial charge < -0.3 is 14.0 Å². The lowest BCUT2D eigenvalue weighted by atomic mass is 9.75. The summed E-state index contributed by atoms with van der Waals surface area (Å²) in [6, 6.07) is 11.6. The van der Waals surface area contributed by atoms with Gasteiger partial charge in [-0.1, -0.05) is 25.3 Å². The number of likely N-dealkylation sites (tertiary alicyclic amines) is 1. The molecule has 2 aromatic heterocycles. The van der Waals surface area contributed by atoms with E-state index >= 15 is 0 Å². The van der Waals surface area contributed by atoms with Crippen molar-refractivity contribution in [1.29, 1.82) is 0 Å². The number of piperidine rings is 1. The third-order valence-corrected chi connectivity index (χ3v) is 6.72. The molecule has 1 aliphatic heterocycles. The molecule has 2 aliphatic rings. The highest BCUT2D eigenvalue weighted by atomic mass is 16.5. The molecule has 1 aromatic carbocycles. The molecule has 5 nitrogen and oxygen atoms in total. The summed E-state index contributed by atoms with van der Waals surface area (Å²) in [6.07, 6.45) is 10.5. The van der Waals surface area contributed by atoms with Gasteiger partial charge in [0.1, 0.15) is 18.0 Å². The highest BCUT2D eigenvalue weighted by molar-refractivity contribution is 5.94. The molecule has 5 heteroatoms. The zero-order chi connectivity index (χ0) is 20.5. The highest BCUT2D eigenvalue weighted by Crippen LogP contribution is 2.36. The molecule has 0 unspecified atom stereocenters. The Hall–Kier alpha value is -2.82. The van der Waals surface area contributed by atoms with Gasteiger partial charge in [-0.05, 0) is 67.5 Å². The van der Waals surface area contributed by atoms with Crippen LogP contribution in [0.5, 0.6) is 5.75 Å². The van der Waals surface area contributed by atoms with Gasteiger partial charge in [0.25, 0.3) is 5.91 Å². The van der Waals surface area contributed by atoms with Crippen LogP contribution in [0, 0.1) is 18.8 Å². The number of pyridine rings is 1. The molecular weight excluding hydrogens is 374 g/mol. The second-order valence-corrected chi connectivity index (χ2v) is 8.86. The van der Waals surface area contributed by atoms with Gasteiger partial charge in [0.05, 0.1) is 5.69 Å². The molecule has 1 saturated carbocycles. The monoisotopic (exact) mass is 403 g/mol. The van der Waals surface area contributed by atoms with E-state index in [0.29, 0.717) is 12.5 Å². The fourth-order valence-corrected chi connectivity index (χ4v) is 5.04. The van der Waals surface area contributed by atoms with Crippen molar-refractivity contribution in [3.05, 3.63) is 65.6 Å². The number of carbonyl (C=O) groups excluding carboxylic acids is 1. The van der Waals surface area contributed by atoms with E-state index in [4.69, 9.17) is 4.74 Å². The summed E-state index contributed by atoms with van der Waals surface area (Å²) >= 11 is 0. The minimum Gasteiger partial charge on any atom is -0.487 e. The number of fused-ring (bicyclic) bond motifs is 2. The van der Waals surface area contributed by atoms with Crippen LogP contribution in [-0.2, 0) is 6.61 Å². The lowest BCUT2D eigenvalue weighted by Crippen LogP contribution is -2.44. The van der Waals surface area contributed by atoms with Crippen molar-refractivity contribution in [2.45, 2.75) is 45.6 Å². The van der Waals surface area contributed by atoms with Crippen LogP contribution in [0.1, 0.15) is 53.7 Å². The Bertz CT molecular complexity index is 1040. The Morgan fingerprint density at radius 3 is 2.67 bits per heavy atom. The average molecular weight is 404 g/mol. The number of aryl methyl sites for hydroxylation is 1. The van der Waals surface area contributed by atoms with E-state index in [1.807, 2.05) is 40.9 Å². The lowest BCUT2D eigenvalue weighted by molar-refractivity contribution is 0.0521. The zero-order valence-corrected chi connectivity index (χ0v) is 17.6. The van der Waals surface area contributed by atoms with Gasteiger partial charge in [-0.2, -0.15) is 0 Å². The van der Waals surface area contributed by atoms with Crippen LogP contribution < -0.4 is 4.74 Å². The second kappa shape index (κ2) is 8.13.